The summed E-state index contributed by atoms with van der Waals surface area (Å²) in [5, 5.41) is 3.77. The maximum atomic E-state index is 5.54. The fourth-order valence-corrected chi connectivity index (χ4v) is 3.30. The zero-order chi connectivity index (χ0) is 14.8. The normalized spacial score (nSPS) is 18.3. The minimum Gasteiger partial charge on any atom is -0.496 e. The zero-order valence-corrected chi connectivity index (χ0v) is 13.0. The van der Waals surface area contributed by atoms with Crippen LogP contribution in [0.3, 0.4) is 0 Å². The van der Waals surface area contributed by atoms with Gasteiger partial charge in [-0.25, -0.2) is 0 Å². The highest BCUT2D eigenvalue weighted by atomic mass is 16.5. The number of ether oxygens (including phenoxy) is 1. The second-order valence-electron chi connectivity index (χ2n) is 5.92. The van der Waals surface area contributed by atoms with Gasteiger partial charge in [-0.05, 0) is 49.4 Å². The maximum Gasteiger partial charge on any atom is 0.123 e. The standard InChI is InChI=1S/C19H23NO/c1-13-8-10-16(19(12-13)21-3)14(2)20-18-11-9-15-6-4-5-7-17(15)18/h4-8,10,12,14,18,20H,9,11H2,1-3H3. The molecule has 1 aliphatic carbocycles. The van der Waals surface area contributed by atoms with Gasteiger partial charge in [0.2, 0.25) is 0 Å². The molecule has 1 N–H and O–H groups in total. The highest BCUT2D eigenvalue weighted by molar-refractivity contribution is 5.40. The highest BCUT2D eigenvalue weighted by Gasteiger charge is 2.24. The van der Waals surface area contributed by atoms with E-state index in [4.69, 9.17) is 4.74 Å². The maximum absolute atomic E-state index is 5.54. The third kappa shape index (κ3) is 2.81. The smallest absolute Gasteiger partial charge is 0.123 e. The highest BCUT2D eigenvalue weighted by Crippen LogP contribution is 2.34. The number of rotatable bonds is 4. The molecule has 0 fully saturated rings. The first-order valence-electron chi connectivity index (χ1n) is 7.67. The van der Waals surface area contributed by atoms with Crippen LogP contribution < -0.4 is 10.1 Å². The van der Waals surface area contributed by atoms with Gasteiger partial charge < -0.3 is 10.1 Å². The van der Waals surface area contributed by atoms with E-state index in [-0.39, 0.29) is 6.04 Å². The van der Waals surface area contributed by atoms with E-state index in [1.807, 2.05) is 0 Å². The zero-order valence-electron chi connectivity index (χ0n) is 13.0. The lowest BCUT2D eigenvalue weighted by molar-refractivity contribution is 0.393. The molecule has 1 aliphatic rings. The molecule has 0 saturated carbocycles. The van der Waals surface area contributed by atoms with Crippen LogP contribution in [0.1, 0.15) is 47.7 Å². The Morgan fingerprint density at radius 1 is 1.19 bits per heavy atom. The fraction of sp³-hybridized carbons (Fsp3) is 0.368. The van der Waals surface area contributed by atoms with Gasteiger partial charge in [0.05, 0.1) is 7.11 Å². The summed E-state index contributed by atoms with van der Waals surface area (Å²) in [4.78, 5) is 0. The monoisotopic (exact) mass is 281 g/mol. The van der Waals surface area contributed by atoms with Gasteiger partial charge in [0, 0.05) is 17.6 Å². The number of aryl methyl sites for hydroxylation is 2. The molecule has 0 amide bonds. The number of benzene rings is 2. The largest absolute Gasteiger partial charge is 0.496 e. The van der Waals surface area contributed by atoms with Crippen LogP contribution >= 0.6 is 0 Å². The molecule has 2 nitrogen and oxygen atoms in total. The molecule has 0 saturated heterocycles. The predicted octanol–water partition coefficient (Wildman–Crippen LogP) is 4.34. The van der Waals surface area contributed by atoms with E-state index in [0.29, 0.717) is 6.04 Å². The molecule has 2 heteroatoms. The molecule has 21 heavy (non-hydrogen) atoms. The van der Waals surface area contributed by atoms with E-state index in [2.05, 4.69) is 61.6 Å². The summed E-state index contributed by atoms with van der Waals surface area (Å²) in [5.41, 5.74) is 5.40. The molecule has 110 valence electrons. The lowest BCUT2D eigenvalue weighted by atomic mass is 10.0. The molecule has 3 rings (SSSR count). The first-order valence-corrected chi connectivity index (χ1v) is 7.67. The Hall–Kier alpha value is -1.80. The van der Waals surface area contributed by atoms with Crippen LogP contribution in [-0.2, 0) is 6.42 Å². The molecular weight excluding hydrogens is 258 g/mol. The van der Waals surface area contributed by atoms with E-state index in [0.717, 1.165) is 5.75 Å². The van der Waals surface area contributed by atoms with Crippen LogP contribution in [0.25, 0.3) is 0 Å². The molecule has 0 aliphatic heterocycles. The van der Waals surface area contributed by atoms with Gasteiger partial charge in [-0.3, -0.25) is 0 Å². The first kappa shape index (κ1) is 14.2. The summed E-state index contributed by atoms with van der Waals surface area (Å²) >= 11 is 0. The molecule has 0 heterocycles. The van der Waals surface area contributed by atoms with Crippen LogP contribution in [0.15, 0.2) is 42.5 Å². The SMILES string of the molecule is COc1cc(C)ccc1C(C)NC1CCc2ccccc21. The van der Waals surface area contributed by atoms with Crippen molar-refractivity contribution in [3.63, 3.8) is 0 Å². The summed E-state index contributed by atoms with van der Waals surface area (Å²) in [5.74, 6) is 0.973. The average molecular weight is 281 g/mol. The second kappa shape index (κ2) is 5.90. The lowest BCUT2D eigenvalue weighted by Gasteiger charge is -2.22. The Labute approximate surface area is 127 Å². The van der Waals surface area contributed by atoms with Gasteiger partial charge >= 0.3 is 0 Å². The van der Waals surface area contributed by atoms with E-state index in [9.17, 15) is 0 Å². The van der Waals surface area contributed by atoms with Crippen molar-refractivity contribution in [2.45, 2.75) is 38.8 Å². The first-order chi connectivity index (χ1) is 10.2. The fourth-order valence-electron chi connectivity index (χ4n) is 3.30. The van der Waals surface area contributed by atoms with Crippen molar-refractivity contribution in [2.75, 3.05) is 7.11 Å². The van der Waals surface area contributed by atoms with Gasteiger partial charge in [-0.2, -0.15) is 0 Å². The van der Waals surface area contributed by atoms with Crippen LogP contribution in [0, 0.1) is 6.92 Å². The Bertz CT molecular complexity index is 635. The van der Waals surface area contributed by atoms with Crippen molar-refractivity contribution in [2.24, 2.45) is 0 Å². The molecule has 2 aromatic rings. The van der Waals surface area contributed by atoms with Gasteiger partial charge in [0.25, 0.3) is 0 Å². The van der Waals surface area contributed by atoms with E-state index >= 15 is 0 Å². The summed E-state index contributed by atoms with van der Waals surface area (Å²) in [6.07, 6.45) is 2.35. The number of fused-ring (bicyclic) bond motifs is 1. The molecule has 2 atom stereocenters. The molecule has 0 bridgehead atoms. The van der Waals surface area contributed by atoms with Crippen LogP contribution in [-0.4, -0.2) is 7.11 Å². The predicted molar refractivity (Wildman–Crippen MR) is 86.8 cm³/mol. The third-order valence-electron chi connectivity index (χ3n) is 4.44. The Morgan fingerprint density at radius 3 is 2.81 bits per heavy atom. The van der Waals surface area contributed by atoms with Crippen molar-refractivity contribution in [3.8, 4) is 5.75 Å². The summed E-state index contributed by atoms with van der Waals surface area (Å²) in [7, 11) is 1.75. The topological polar surface area (TPSA) is 21.3 Å². The van der Waals surface area contributed by atoms with Crippen LogP contribution in [0.4, 0.5) is 0 Å². The Kier molecular flexibility index (Phi) is 3.98. The lowest BCUT2D eigenvalue weighted by Crippen LogP contribution is -2.23. The molecular formula is C19H23NO. The number of methoxy groups -OCH3 is 1. The molecule has 0 aromatic heterocycles. The summed E-state index contributed by atoms with van der Waals surface area (Å²) < 4.78 is 5.54. The van der Waals surface area contributed by atoms with Gasteiger partial charge in [-0.1, -0.05) is 36.4 Å². The minimum absolute atomic E-state index is 0.275. The Morgan fingerprint density at radius 2 is 2.00 bits per heavy atom. The Balaban J connectivity index is 1.80. The van der Waals surface area contributed by atoms with Crippen LogP contribution in [0.5, 0.6) is 5.75 Å². The molecule has 0 spiro atoms. The number of hydrogen-bond acceptors (Lipinski definition) is 2. The molecule has 2 unspecified atom stereocenters. The van der Waals surface area contributed by atoms with Gasteiger partial charge in [-0.15, -0.1) is 0 Å². The number of hydrogen-bond donors (Lipinski definition) is 1. The van der Waals surface area contributed by atoms with Crippen molar-refractivity contribution < 1.29 is 4.74 Å². The molecule has 2 aromatic carbocycles. The van der Waals surface area contributed by atoms with Crippen molar-refractivity contribution in [1.29, 1.82) is 0 Å². The van der Waals surface area contributed by atoms with Crippen LogP contribution in [0.2, 0.25) is 0 Å². The quantitative estimate of drug-likeness (QED) is 0.900. The van der Waals surface area contributed by atoms with Gasteiger partial charge in [0.15, 0.2) is 0 Å². The summed E-state index contributed by atoms with van der Waals surface area (Å²) in [6.45, 7) is 4.31. The van der Waals surface area contributed by atoms with Crippen molar-refractivity contribution in [1.82, 2.24) is 5.32 Å². The second-order valence-corrected chi connectivity index (χ2v) is 5.92. The third-order valence-corrected chi connectivity index (χ3v) is 4.44. The van der Waals surface area contributed by atoms with Gasteiger partial charge in [0.1, 0.15) is 5.75 Å². The molecule has 0 radical (unpaired) electrons. The summed E-state index contributed by atoms with van der Waals surface area (Å²) in [6, 6.07) is 15.9. The van der Waals surface area contributed by atoms with Crippen molar-refractivity contribution >= 4 is 0 Å². The van der Waals surface area contributed by atoms with E-state index in [1.54, 1.807) is 7.11 Å². The van der Waals surface area contributed by atoms with Crippen molar-refractivity contribution in [3.05, 3.63) is 64.7 Å². The van der Waals surface area contributed by atoms with E-state index < -0.39 is 0 Å². The average Bonchev–Trinajstić information content (AvgIpc) is 2.90. The number of nitrogens with one attached hydrogen (secondary N) is 1. The minimum atomic E-state index is 0.275. The van der Waals surface area contributed by atoms with E-state index in [1.165, 1.54) is 35.1 Å².